The van der Waals surface area contributed by atoms with Crippen LogP contribution in [0.1, 0.15) is 54.8 Å². The highest BCUT2D eigenvalue weighted by Crippen LogP contribution is 2.24. The van der Waals surface area contributed by atoms with Gasteiger partial charge in [-0.2, -0.15) is 5.26 Å². The molecule has 0 atom stereocenters. The minimum atomic E-state index is -0.00995. The largest absolute Gasteiger partial charge is 0.472 e. The van der Waals surface area contributed by atoms with Gasteiger partial charge in [0, 0.05) is 30.4 Å². The topological polar surface area (TPSA) is 114 Å². The van der Waals surface area contributed by atoms with Crippen molar-refractivity contribution in [3.63, 3.8) is 0 Å². The van der Waals surface area contributed by atoms with Crippen molar-refractivity contribution in [2.24, 2.45) is 0 Å². The highest BCUT2D eigenvalue weighted by molar-refractivity contribution is 5.76. The molecule has 0 radical (unpaired) electrons. The van der Waals surface area contributed by atoms with Crippen LogP contribution in [-0.2, 0) is 11.2 Å². The van der Waals surface area contributed by atoms with E-state index in [1.807, 2.05) is 19.9 Å². The van der Waals surface area contributed by atoms with E-state index in [-0.39, 0.29) is 29.6 Å². The Morgan fingerprint density at radius 1 is 1.30 bits per heavy atom. The van der Waals surface area contributed by atoms with Crippen LogP contribution in [-0.4, -0.2) is 33.2 Å². The molecule has 0 spiro atoms. The van der Waals surface area contributed by atoms with Crippen molar-refractivity contribution in [3.05, 3.63) is 35.1 Å². The van der Waals surface area contributed by atoms with E-state index in [0.717, 1.165) is 42.7 Å². The Morgan fingerprint density at radius 3 is 2.70 bits per heavy atom. The molecular formula is C19H23N5O3. The predicted molar refractivity (Wildman–Crippen MR) is 95.9 cm³/mol. The number of hydrogen-bond donors (Lipinski definition) is 1. The maximum absolute atomic E-state index is 12.2. The highest BCUT2D eigenvalue weighted by Gasteiger charge is 2.25. The fourth-order valence-corrected chi connectivity index (χ4v) is 3.37. The first-order chi connectivity index (χ1) is 13.1. The van der Waals surface area contributed by atoms with Crippen LogP contribution in [0.2, 0.25) is 0 Å². The number of nitrogens with one attached hydrogen (secondary N) is 1. The van der Waals surface area contributed by atoms with Crippen molar-refractivity contribution in [3.8, 4) is 11.9 Å². The van der Waals surface area contributed by atoms with E-state index in [9.17, 15) is 4.79 Å². The van der Waals surface area contributed by atoms with Gasteiger partial charge in [0.05, 0.1) is 5.69 Å². The molecule has 142 valence electrons. The Kier molecular flexibility index (Phi) is 6.01. The molecule has 1 amide bonds. The maximum atomic E-state index is 12.2. The Labute approximate surface area is 157 Å². The molecule has 8 nitrogen and oxygen atoms in total. The van der Waals surface area contributed by atoms with E-state index in [1.54, 1.807) is 0 Å². The van der Waals surface area contributed by atoms with Gasteiger partial charge in [0.2, 0.25) is 11.6 Å². The van der Waals surface area contributed by atoms with E-state index in [2.05, 4.69) is 20.4 Å². The van der Waals surface area contributed by atoms with Crippen LogP contribution in [0.15, 0.2) is 16.9 Å². The second-order valence-corrected chi connectivity index (χ2v) is 6.78. The number of hydrogen-bond acceptors (Lipinski definition) is 7. The molecule has 27 heavy (non-hydrogen) atoms. The number of aryl methyl sites for hydroxylation is 2. The quantitative estimate of drug-likeness (QED) is 0.831. The van der Waals surface area contributed by atoms with Gasteiger partial charge in [0.25, 0.3) is 5.88 Å². The monoisotopic (exact) mass is 369 g/mol. The number of carbonyl (C=O) groups is 1. The van der Waals surface area contributed by atoms with Gasteiger partial charge < -0.3 is 14.6 Å². The molecule has 0 aliphatic heterocycles. The molecule has 0 bridgehead atoms. The van der Waals surface area contributed by atoms with Gasteiger partial charge in [0.15, 0.2) is 0 Å². The van der Waals surface area contributed by atoms with Gasteiger partial charge in [-0.25, -0.2) is 9.97 Å². The molecule has 0 unspecified atom stereocenters. The normalized spacial score (nSPS) is 19.3. The Balaban J connectivity index is 1.43. The maximum Gasteiger partial charge on any atom is 0.251 e. The van der Waals surface area contributed by atoms with Crippen LogP contribution in [0.5, 0.6) is 5.88 Å². The lowest BCUT2D eigenvalue weighted by Gasteiger charge is -2.29. The van der Waals surface area contributed by atoms with Crippen LogP contribution in [0, 0.1) is 25.2 Å². The standard InChI is InChI=1S/C19H23N5O3/c1-12-16(13(2)27-24-12)7-8-18(25)23-14-3-5-15(6-4-14)26-19-17(11-20)21-9-10-22-19/h9-10,14-15H,3-8H2,1-2H3,(H,23,25). The molecule has 3 rings (SSSR count). The Bertz CT molecular complexity index is 815. The average molecular weight is 369 g/mol. The summed E-state index contributed by atoms with van der Waals surface area (Å²) in [5.74, 6) is 1.10. The molecule has 0 aromatic carbocycles. The Morgan fingerprint density at radius 2 is 2.04 bits per heavy atom. The molecule has 1 fully saturated rings. The lowest BCUT2D eigenvalue weighted by molar-refractivity contribution is -0.122. The van der Waals surface area contributed by atoms with Gasteiger partial charge in [-0.15, -0.1) is 0 Å². The van der Waals surface area contributed by atoms with Gasteiger partial charge in [-0.05, 0) is 46.0 Å². The third-order valence-electron chi connectivity index (χ3n) is 4.87. The average Bonchev–Trinajstić information content (AvgIpc) is 3.00. The summed E-state index contributed by atoms with van der Waals surface area (Å²) in [7, 11) is 0. The minimum Gasteiger partial charge on any atom is -0.472 e. The summed E-state index contributed by atoms with van der Waals surface area (Å²) in [4.78, 5) is 20.3. The Hall–Kier alpha value is -2.95. The van der Waals surface area contributed by atoms with Crippen molar-refractivity contribution in [2.75, 3.05) is 0 Å². The van der Waals surface area contributed by atoms with Gasteiger partial charge in [0.1, 0.15) is 17.9 Å². The van der Waals surface area contributed by atoms with E-state index in [4.69, 9.17) is 14.5 Å². The molecule has 1 saturated carbocycles. The molecule has 1 aliphatic carbocycles. The predicted octanol–water partition coefficient (Wildman–Crippen LogP) is 2.39. The SMILES string of the molecule is Cc1noc(C)c1CCC(=O)NC1CCC(Oc2nccnc2C#N)CC1. The molecule has 1 aliphatic rings. The number of aromatic nitrogens is 3. The minimum absolute atomic E-state index is 0.00995. The fraction of sp³-hybridized carbons (Fsp3) is 0.526. The second kappa shape index (κ2) is 8.62. The fourth-order valence-electron chi connectivity index (χ4n) is 3.37. The van der Waals surface area contributed by atoms with Crippen LogP contribution in [0.4, 0.5) is 0 Å². The molecular weight excluding hydrogens is 346 g/mol. The summed E-state index contributed by atoms with van der Waals surface area (Å²) in [6.07, 6.45) is 7.31. The first kappa shape index (κ1) is 18.8. The summed E-state index contributed by atoms with van der Waals surface area (Å²) in [6, 6.07) is 2.14. The number of nitriles is 1. The lowest BCUT2D eigenvalue weighted by Crippen LogP contribution is -2.39. The van der Waals surface area contributed by atoms with Crippen molar-refractivity contribution in [2.45, 2.75) is 64.5 Å². The van der Waals surface area contributed by atoms with Crippen LogP contribution < -0.4 is 10.1 Å². The molecule has 2 aromatic rings. The number of ether oxygens (including phenoxy) is 1. The third-order valence-corrected chi connectivity index (χ3v) is 4.87. The molecule has 0 saturated heterocycles. The molecule has 8 heteroatoms. The van der Waals surface area contributed by atoms with E-state index < -0.39 is 0 Å². The van der Waals surface area contributed by atoms with Crippen LogP contribution in [0.3, 0.4) is 0 Å². The second-order valence-electron chi connectivity index (χ2n) is 6.78. The zero-order chi connectivity index (χ0) is 19.2. The number of rotatable bonds is 6. The lowest BCUT2D eigenvalue weighted by atomic mass is 9.92. The summed E-state index contributed by atoms with van der Waals surface area (Å²) in [5, 5.41) is 16.1. The molecule has 1 N–H and O–H groups in total. The number of nitrogens with zero attached hydrogens (tertiary/aromatic N) is 4. The molecule has 2 aromatic heterocycles. The third kappa shape index (κ3) is 4.82. The summed E-state index contributed by atoms with van der Waals surface area (Å²) in [5.41, 5.74) is 2.06. The van der Waals surface area contributed by atoms with Crippen LogP contribution in [0.25, 0.3) is 0 Å². The smallest absolute Gasteiger partial charge is 0.251 e. The summed E-state index contributed by atoms with van der Waals surface area (Å²) in [6.45, 7) is 3.75. The van der Waals surface area contributed by atoms with Crippen molar-refractivity contribution < 1.29 is 14.1 Å². The van der Waals surface area contributed by atoms with Gasteiger partial charge in [-0.3, -0.25) is 4.79 Å². The zero-order valence-corrected chi connectivity index (χ0v) is 15.6. The zero-order valence-electron chi connectivity index (χ0n) is 15.6. The van der Waals surface area contributed by atoms with E-state index in [1.165, 1.54) is 12.4 Å². The first-order valence-corrected chi connectivity index (χ1v) is 9.15. The van der Waals surface area contributed by atoms with Gasteiger partial charge >= 0.3 is 0 Å². The van der Waals surface area contributed by atoms with Crippen LogP contribution >= 0.6 is 0 Å². The van der Waals surface area contributed by atoms with Crippen molar-refractivity contribution in [1.29, 1.82) is 5.26 Å². The molecule has 2 heterocycles. The number of amides is 1. The van der Waals surface area contributed by atoms with E-state index in [0.29, 0.717) is 12.8 Å². The first-order valence-electron chi connectivity index (χ1n) is 9.15. The van der Waals surface area contributed by atoms with Crippen molar-refractivity contribution in [1.82, 2.24) is 20.4 Å². The highest BCUT2D eigenvalue weighted by atomic mass is 16.5. The number of carbonyl (C=O) groups excluding carboxylic acids is 1. The van der Waals surface area contributed by atoms with Crippen molar-refractivity contribution >= 4 is 5.91 Å². The summed E-state index contributed by atoms with van der Waals surface area (Å²) < 4.78 is 11.0. The summed E-state index contributed by atoms with van der Waals surface area (Å²) >= 11 is 0. The van der Waals surface area contributed by atoms with E-state index >= 15 is 0 Å². The van der Waals surface area contributed by atoms with Gasteiger partial charge in [-0.1, -0.05) is 5.16 Å².